The zero-order chi connectivity index (χ0) is 16.8. The molecule has 1 aliphatic heterocycles. The number of aryl methyl sites for hydroxylation is 2. The first-order valence-electron chi connectivity index (χ1n) is 8.73. The third kappa shape index (κ3) is 4.57. The standard InChI is InChI=1S/C20H25N3O/c1-16-4-6-17(7-5-16)8-9-20(24)22-15-18-10-11-21-19(14-18)23-12-2-3-13-23/h4-7,10-11,14H,2-3,8-9,12-13,15H2,1H3,(H,22,24). The van der Waals surface area contributed by atoms with Crippen molar-refractivity contribution >= 4 is 11.7 Å². The number of pyridine rings is 1. The molecule has 2 heterocycles. The lowest BCUT2D eigenvalue weighted by atomic mass is 10.1. The van der Waals surface area contributed by atoms with E-state index in [9.17, 15) is 4.79 Å². The topological polar surface area (TPSA) is 45.2 Å². The summed E-state index contributed by atoms with van der Waals surface area (Å²) >= 11 is 0. The molecule has 1 amide bonds. The van der Waals surface area contributed by atoms with E-state index in [4.69, 9.17) is 0 Å². The van der Waals surface area contributed by atoms with Crippen LogP contribution in [0.4, 0.5) is 5.82 Å². The van der Waals surface area contributed by atoms with Crippen molar-refractivity contribution in [3.63, 3.8) is 0 Å². The first kappa shape index (κ1) is 16.5. The quantitative estimate of drug-likeness (QED) is 0.887. The molecule has 0 aliphatic carbocycles. The molecular weight excluding hydrogens is 298 g/mol. The molecule has 2 aromatic rings. The van der Waals surface area contributed by atoms with Crippen LogP contribution in [0.1, 0.15) is 36.0 Å². The highest BCUT2D eigenvalue weighted by Gasteiger charge is 2.13. The summed E-state index contributed by atoms with van der Waals surface area (Å²) in [6.07, 6.45) is 5.61. The summed E-state index contributed by atoms with van der Waals surface area (Å²) in [5.74, 6) is 1.12. The van der Waals surface area contributed by atoms with Crippen LogP contribution in [0.15, 0.2) is 42.6 Å². The summed E-state index contributed by atoms with van der Waals surface area (Å²) in [5, 5.41) is 3.01. The zero-order valence-electron chi connectivity index (χ0n) is 14.3. The van der Waals surface area contributed by atoms with E-state index in [1.165, 1.54) is 24.0 Å². The fourth-order valence-corrected chi connectivity index (χ4v) is 2.99. The lowest BCUT2D eigenvalue weighted by Gasteiger charge is -2.17. The maximum atomic E-state index is 12.1. The summed E-state index contributed by atoms with van der Waals surface area (Å²) in [7, 11) is 0. The van der Waals surface area contributed by atoms with Crippen molar-refractivity contribution in [1.82, 2.24) is 10.3 Å². The average molecular weight is 323 g/mol. The maximum Gasteiger partial charge on any atom is 0.220 e. The minimum absolute atomic E-state index is 0.0927. The number of aromatic nitrogens is 1. The van der Waals surface area contributed by atoms with Crippen molar-refractivity contribution in [2.45, 2.75) is 39.2 Å². The number of amides is 1. The van der Waals surface area contributed by atoms with Gasteiger partial charge in [0, 0.05) is 32.3 Å². The van der Waals surface area contributed by atoms with Crippen molar-refractivity contribution in [2.75, 3.05) is 18.0 Å². The van der Waals surface area contributed by atoms with Crippen LogP contribution in [0.3, 0.4) is 0 Å². The van der Waals surface area contributed by atoms with Crippen molar-refractivity contribution < 1.29 is 4.79 Å². The number of benzene rings is 1. The van der Waals surface area contributed by atoms with Crippen molar-refractivity contribution in [3.8, 4) is 0 Å². The summed E-state index contributed by atoms with van der Waals surface area (Å²) in [6, 6.07) is 12.4. The number of rotatable bonds is 6. The second-order valence-electron chi connectivity index (χ2n) is 6.48. The van der Waals surface area contributed by atoms with E-state index in [1.54, 1.807) is 0 Å². The molecule has 0 spiro atoms. The summed E-state index contributed by atoms with van der Waals surface area (Å²) in [4.78, 5) is 18.8. The Morgan fingerprint density at radius 3 is 2.62 bits per heavy atom. The number of nitrogens with zero attached hydrogens (tertiary/aromatic N) is 2. The van der Waals surface area contributed by atoms with Gasteiger partial charge in [-0.3, -0.25) is 4.79 Å². The first-order chi connectivity index (χ1) is 11.7. The molecule has 3 rings (SSSR count). The largest absolute Gasteiger partial charge is 0.357 e. The van der Waals surface area contributed by atoms with Crippen LogP contribution in [0.5, 0.6) is 0 Å². The van der Waals surface area contributed by atoms with E-state index < -0.39 is 0 Å². The third-order valence-corrected chi connectivity index (χ3v) is 4.49. The lowest BCUT2D eigenvalue weighted by molar-refractivity contribution is -0.121. The van der Waals surface area contributed by atoms with Crippen LogP contribution >= 0.6 is 0 Å². The smallest absolute Gasteiger partial charge is 0.220 e. The van der Waals surface area contributed by atoms with Gasteiger partial charge in [-0.05, 0) is 49.4 Å². The Bertz CT molecular complexity index is 676. The van der Waals surface area contributed by atoms with Gasteiger partial charge in [0.1, 0.15) is 5.82 Å². The SMILES string of the molecule is Cc1ccc(CCC(=O)NCc2ccnc(N3CCCC3)c2)cc1. The molecule has 0 radical (unpaired) electrons. The molecule has 1 aromatic carbocycles. The van der Waals surface area contributed by atoms with Gasteiger partial charge in [-0.15, -0.1) is 0 Å². The molecule has 0 bridgehead atoms. The van der Waals surface area contributed by atoms with Crippen molar-refractivity contribution in [3.05, 3.63) is 59.3 Å². The van der Waals surface area contributed by atoms with Crippen molar-refractivity contribution in [1.29, 1.82) is 0 Å². The van der Waals surface area contributed by atoms with Gasteiger partial charge in [-0.2, -0.15) is 0 Å². The van der Waals surface area contributed by atoms with E-state index in [1.807, 2.05) is 12.3 Å². The number of carbonyl (C=O) groups excluding carboxylic acids is 1. The molecule has 1 N–H and O–H groups in total. The molecule has 0 atom stereocenters. The normalized spacial score (nSPS) is 14.0. The fraction of sp³-hybridized carbons (Fsp3) is 0.400. The van der Waals surface area contributed by atoms with E-state index in [0.29, 0.717) is 13.0 Å². The highest BCUT2D eigenvalue weighted by Crippen LogP contribution is 2.18. The molecule has 0 saturated carbocycles. The van der Waals surface area contributed by atoms with E-state index in [2.05, 4.69) is 52.5 Å². The summed E-state index contributed by atoms with van der Waals surface area (Å²) in [6.45, 7) is 4.80. The monoisotopic (exact) mass is 323 g/mol. The number of anilines is 1. The van der Waals surface area contributed by atoms with Gasteiger partial charge in [0.25, 0.3) is 0 Å². The van der Waals surface area contributed by atoms with Crippen LogP contribution in [-0.2, 0) is 17.8 Å². The first-order valence-corrected chi connectivity index (χ1v) is 8.73. The molecule has 1 fully saturated rings. The summed E-state index contributed by atoms with van der Waals surface area (Å²) in [5.41, 5.74) is 3.56. The molecule has 4 heteroatoms. The Balaban J connectivity index is 1.47. The molecule has 126 valence electrons. The minimum atomic E-state index is 0.0927. The van der Waals surface area contributed by atoms with Crippen LogP contribution in [0.25, 0.3) is 0 Å². The van der Waals surface area contributed by atoms with Gasteiger partial charge in [-0.25, -0.2) is 4.98 Å². The Kier molecular flexibility index (Phi) is 5.47. The van der Waals surface area contributed by atoms with Gasteiger partial charge in [0.05, 0.1) is 0 Å². The molecule has 0 unspecified atom stereocenters. The predicted molar refractivity (Wildman–Crippen MR) is 97.0 cm³/mol. The van der Waals surface area contributed by atoms with Gasteiger partial charge >= 0.3 is 0 Å². The molecule has 1 aliphatic rings. The molecule has 1 aromatic heterocycles. The number of nitrogens with one attached hydrogen (secondary N) is 1. The van der Waals surface area contributed by atoms with Gasteiger partial charge < -0.3 is 10.2 Å². The number of carbonyl (C=O) groups is 1. The second-order valence-corrected chi connectivity index (χ2v) is 6.48. The molecule has 4 nitrogen and oxygen atoms in total. The lowest BCUT2D eigenvalue weighted by Crippen LogP contribution is -2.24. The average Bonchev–Trinajstić information content (AvgIpc) is 3.14. The Labute approximate surface area is 143 Å². The Morgan fingerprint density at radius 1 is 1.12 bits per heavy atom. The van der Waals surface area contributed by atoms with Crippen LogP contribution in [0.2, 0.25) is 0 Å². The third-order valence-electron chi connectivity index (χ3n) is 4.49. The van der Waals surface area contributed by atoms with Gasteiger partial charge in [-0.1, -0.05) is 29.8 Å². The van der Waals surface area contributed by atoms with Crippen LogP contribution < -0.4 is 10.2 Å². The number of hydrogen-bond acceptors (Lipinski definition) is 3. The van der Waals surface area contributed by atoms with Crippen LogP contribution in [-0.4, -0.2) is 24.0 Å². The van der Waals surface area contributed by atoms with Crippen LogP contribution in [0, 0.1) is 6.92 Å². The number of hydrogen-bond donors (Lipinski definition) is 1. The minimum Gasteiger partial charge on any atom is -0.357 e. The Morgan fingerprint density at radius 2 is 1.88 bits per heavy atom. The second kappa shape index (κ2) is 7.95. The van der Waals surface area contributed by atoms with Crippen molar-refractivity contribution in [2.24, 2.45) is 0 Å². The molecular formula is C20H25N3O. The maximum absolute atomic E-state index is 12.1. The molecule has 1 saturated heterocycles. The highest BCUT2D eigenvalue weighted by molar-refractivity contribution is 5.76. The van der Waals surface area contributed by atoms with E-state index in [-0.39, 0.29) is 5.91 Å². The summed E-state index contributed by atoms with van der Waals surface area (Å²) < 4.78 is 0. The fourth-order valence-electron chi connectivity index (χ4n) is 2.99. The predicted octanol–water partition coefficient (Wildman–Crippen LogP) is 3.24. The Hall–Kier alpha value is -2.36. The molecule has 24 heavy (non-hydrogen) atoms. The van der Waals surface area contributed by atoms with E-state index >= 15 is 0 Å². The van der Waals surface area contributed by atoms with E-state index in [0.717, 1.165) is 30.9 Å². The zero-order valence-corrected chi connectivity index (χ0v) is 14.3. The van der Waals surface area contributed by atoms with Gasteiger partial charge in [0.15, 0.2) is 0 Å². The highest BCUT2D eigenvalue weighted by atomic mass is 16.1. The van der Waals surface area contributed by atoms with Gasteiger partial charge in [0.2, 0.25) is 5.91 Å².